The fourth-order valence-corrected chi connectivity index (χ4v) is 4.77. The Bertz CT molecular complexity index is 416. The van der Waals surface area contributed by atoms with E-state index >= 15 is 0 Å². The van der Waals surface area contributed by atoms with Gasteiger partial charge in [-0.15, -0.1) is 0 Å². The molecule has 0 N–H and O–H groups in total. The number of fused-ring (bicyclic) bond motifs is 7. The Morgan fingerprint density at radius 2 is 2.17 bits per heavy atom. The van der Waals surface area contributed by atoms with Crippen molar-refractivity contribution >= 4 is 5.97 Å². The molecule has 4 fully saturated rings. The van der Waals surface area contributed by atoms with Crippen LogP contribution in [0.5, 0.6) is 0 Å². The number of hydrogen-bond acceptors (Lipinski definition) is 3. The van der Waals surface area contributed by atoms with Gasteiger partial charge in [0, 0.05) is 5.57 Å². The van der Waals surface area contributed by atoms with E-state index in [1.807, 2.05) is 6.92 Å². The van der Waals surface area contributed by atoms with E-state index in [1.165, 1.54) is 12.8 Å². The van der Waals surface area contributed by atoms with Crippen LogP contribution in [-0.2, 0) is 14.3 Å². The fourth-order valence-electron chi connectivity index (χ4n) is 4.77. The van der Waals surface area contributed by atoms with Crippen LogP contribution in [0.2, 0.25) is 0 Å². The summed E-state index contributed by atoms with van der Waals surface area (Å²) >= 11 is 0. The molecule has 4 rings (SSSR count). The molecular formula is C15H20O3. The van der Waals surface area contributed by atoms with Crippen molar-refractivity contribution in [2.75, 3.05) is 0 Å². The van der Waals surface area contributed by atoms with E-state index < -0.39 is 0 Å². The Morgan fingerprint density at radius 3 is 2.94 bits per heavy atom. The molecule has 0 aromatic heterocycles. The molecule has 98 valence electrons. The number of hydrogen-bond donors (Lipinski definition) is 0. The fraction of sp³-hybridized carbons (Fsp3) is 0.800. The van der Waals surface area contributed by atoms with Crippen molar-refractivity contribution in [2.45, 2.75) is 50.9 Å². The Labute approximate surface area is 108 Å². The number of rotatable bonds is 3. The third-order valence-corrected chi connectivity index (χ3v) is 5.66. The smallest absolute Gasteiger partial charge is 0.333 e. The monoisotopic (exact) mass is 248 g/mol. The van der Waals surface area contributed by atoms with Crippen LogP contribution < -0.4 is 0 Å². The Hall–Kier alpha value is -0.830. The standard InChI is InChI=1S/C15H20O3/c1-3-7(2)15(16)18-11-5-8-4-9(11)10-6-12-14(17-12)13(8)10/h8-14H,2-6H2,1H3/t8?,9-,10?,11?,12?,13?,14?/m1/s1. The number of carbonyl (C=O) groups excluding carboxylic acids is 1. The Kier molecular flexibility index (Phi) is 2.20. The summed E-state index contributed by atoms with van der Waals surface area (Å²) in [6.07, 6.45) is 5.46. The maximum absolute atomic E-state index is 11.8. The van der Waals surface area contributed by atoms with Crippen LogP contribution in [0.1, 0.15) is 32.6 Å². The second kappa shape index (κ2) is 3.60. The molecule has 6 unspecified atom stereocenters. The third kappa shape index (κ3) is 1.37. The molecule has 0 aromatic rings. The van der Waals surface area contributed by atoms with Gasteiger partial charge in [0.2, 0.25) is 0 Å². The first-order valence-electron chi connectivity index (χ1n) is 7.23. The van der Waals surface area contributed by atoms with Gasteiger partial charge in [-0.1, -0.05) is 13.5 Å². The highest BCUT2D eigenvalue weighted by molar-refractivity contribution is 5.87. The predicted octanol–water partition coefficient (Wildman–Crippen LogP) is 2.31. The summed E-state index contributed by atoms with van der Waals surface area (Å²) in [5, 5.41) is 0. The number of esters is 1. The van der Waals surface area contributed by atoms with Crippen LogP contribution in [0.25, 0.3) is 0 Å². The molecular weight excluding hydrogens is 228 g/mol. The minimum absolute atomic E-state index is 0.157. The van der Waals surface area contributed by atoms with Crippen LogP contribution in [0.3, 0.4) is 0 Å². The predicted molar refractivity (Wildman–Crippen MR) is 65.8 cm³/mol. The van der Waals surface area contributed by atoms with E-state index in [0.29, 0.717) is 30.1 Å². The quantitative estimate of drug-likeness (QED) is 0.437. The zero-order valence-corrected chi connectivity index (χ0v) is 10.8. The van der Waals surface area contributed by atoms with Crippen molar-refractivity contribution in [2.24, 2.45) is 23.7 Å². The maximum Gasteiger partial charge on any atom is 0.333 e. The maximum atomic E-state index is 11.8. The molecule has 0 spiro atoms. The molecule has 0 aromatic carbocycles. The van der Waals surface area contributed by atoms with Gasteiger partial charge >= 0.3 is 5.97 Å². The second-order valence-corrected chi connectivity index (χ2v) is 6.41. The van der Waals surface area contributed by atoms with Crippen LogP contribution >= 0.6 is 0 Å². The van der Waals surface area contributed by atoms with Crippen molar-refractivity contribution in [1.82, 2.24) is 0 Å². The van der Waals surface area contributed by atoms with Crippen LogP contribution in [0.4, 0.5) is 0 Å². The van der Waals surface area contributed by atoms with E-state index in [1.54, 1.807) is 0 Å². The van der Waals surface area contributed by atoms with Crippen molar-refractivity contribution < 1.29 is 14.3 Å². The van der Waals surface area contributed by atoms with Gasteiger partial charge in [0.25, 0.3) is 0 Å². The van der Waals surface area contributed by atoms with E-state index in [2.05, 4.69) is 6.58 Å². The highest BCUT2D eigenvalue weighted by Crippen LogP contribution is 2.64. The van der Waals surface area contributed by atoms with Crippen molar-refractivity contribution in [3.05, 3.63) is 12.2 Å². The third-order valence-electron chi connectivity index (χ3n) is 5.66. The summed E-state index contributed by atoms with van der Waals surface area (Å²) in [5.74, 6) is 2.71. The van der Waals surface area contributed by atoms with Crippen molar-refractivity contribution in [3.63, 3.8) is 0 Å². The van der Waals surface area contributed by atoms with Gasteiger partial charge in [0.15, 0.2) is 0 Å². The van der Waals surface area contributed by atoms with Gasteiger partial charge in [0.05, 0.1) is 12.2 Å². The van der Waals surface area contributed by atoms with Gasteiger partial charge in [-0.25, -0.2) is 4.79 Å². The van der Waals surface area contributed by atoms with Crippen LogP contribution in [-0.4, -0.2) is 24.3 Å². The highest BCUT2D eigenvalue weighted by atomic mass is 16.6. The van der Waals surface area contributed by atoms with Crippen molar-refractivity contribution in [3.8, 4) is 0 Å². The first-order valence-corrected chi connectivity index (χ1v) is 7.23. The molecule has 3 saturated carbocycles. The van der Waals surface area contributed by atoms with Gasteiger partial charge in [-0.05, 0) is 49.4 Å². The zero-order valence-electron chi connectivity index (χ0n) is 10.8. The van der Waals surface area contributed by atoms with Gasteiger partial charge in [-0.2, -0.15) is 0 Å². The molecule has 1 saturated heterocycles. The molecule has 3 heteroatoms. The van der Waals surface area contributed by atoms with Crippen molar-refractivity contribution in [1.29, 1.82) is 0 Å². The summed E-state index contributed by atoms with van der Waals surface area (Å²) in [6.45, 7) is 5.71. The average Bonchev–Trinajstić information content (AvgIpc) is 2.77. The van der Waals surface area contributed by atoms with Gasteiger partial charge in [-0.3, -0.25) is 0 Å². The lowest BCUT2D eigenvalue weighted by Crippen LogP contribution is -2.34. The van der Waals surface area contributed by atoms with Crippen LogP contribution in [0.15, 0.2) is 12.2 Å². The zero-order chi connectivity index (χ0) is 12.4. The molecule has 2 bridgehead atoms. The second-order valence-electron chi connectivity index (χ2n) is 6.41. The largest absolute Gasteiger partial charge is 0.459 e. The summed E-state index contributed by atoms with van der Waals surface area (Å²) in [6, 6.07) is 0. The summed E-state index contributed by atoms with van der Waals surface area (Å²) < 4.78 is 11.3. The normalized spacial score (nSPS) is 50.8. The topological polar surface area (TPSA) is 38.8 Å². The van der Waals surface area contributed by atoms with Gasteiger partial charge < -0.3 is 9.47 Å². The van der Waals surface area contributed by atoms with E-state index in [4.69, 9.17) is 9.47 Å². The first-order chi connectivity index (χ1) is 8.69. The molecule has 3 nitrogen and oxygen atoms in total. The average molecular weight is 248 g/mol. The first kappa shape index (κ1) is 11.0. The van der Waals surface area contributed by atoms with Crippen LogP contribution in [0, 0.1) is 23.7 Å². The SMILES string of the molecule is C=C(CC)C(=O)OC1CC2C[C@@H]1C1CC3OC3C21. The summed E-state index contributed by atoms with van der Waals surface area (Å²) in [4.78, 5) is 11.8. The molecule has 1 heterocycles. The van der Waals surface area contributed by atoms with E-state index in [-0.39, 0.29) is 12.1 Å². The molecule has 3 aliphatic carbocycles. The highest BCUT2D eigenvalue weighted by Gasteiger charge is 2.67. The molecule has 0 radical (unpaired) electrons. The van der Waals surface area contributed by atoms with Gasteiger partial charge in [0.1, 0.15) is 6.10 Å². The summed E-state index contributed by atoms with van der Waals surface area (Å²) in [7, 11) is 0. The van der Waals surface area contributed by atoms with E-state index in [0.717, 1.165) is 24.2 Å². The lowest BCUT2D eigenvalue weighted by Gasteiger charge is -2.32. The van der Waals surface area contributed by atoms with E-state index in [9.17, 15) is 4.79 Å². The minimum atomic E-state index is -0.175. The molecule has 4 aliphatic rings. The number of ether oxygens (including phenoxy) is 2. The number of carbonyl (C=O) groups is 1. The molecule has 1 aliphatic heterocycles. The molecule has 0 amide bonds. The lowest BCUT2D eigenvalue weighted by atomic mass is 9.79. The Morgan fingerprint density at radius 1 is 1.33 bits per heavy atom. The summed E-state index contributed by atoms with van der Waals surface area (Å²) in [5.41, 5.74) is 0.604. The molecule has 18 heavy (non-hydrogen) atoms. The lowest BCUT2D eigenvalue weighted by molar-refractivity contribution is -0.148. The Balaban J connectivity index is 1.44. The minimum Gasteiger partial charge on any atom is -0.459 e. The molecule has 7 atom stereocenters. The number of epoxide rings is 1.